The van der Waals surface area contributed by atoms with Gasteiger partial charge < -0.3 is 14.9 Å². The summed E-state index contributed by atoms with van der Waals surface area (Å²) in [6.45, 7) is -0.0147. The van der Waals surface area contributed by atoms with E-state index >= 15 is 0 Å². The van der Waals surface area contributed by atoms with Gasteiger partial charge >= 0.3 is 0 Å². The van der Waals surface area contributed by atoms with Crippen molar-refractivity contribution < 1.29 is 19.3 Å². The molecule has 0 bridgehead atoms. The molecule has 3 rings (SSSR count). The number of anilines is 1. The van der Waals surface area contributed by atoms with Crippen molar-refractivity contribution in [1.29, 1.82) is 0 Å². The van der Waals surface area contributed by atoms with Gasteiger partial charge in [-0.2, -0.15) is 0 Å². The second-order valence-corrected chi connectivity index (χ2v) is 7.23. The molecule has 3 aromatic rings. The molecule has 3 aromatic carbocycles. The Labute approximate surface area is 186 Å². The summed E-state index contributed by atoms with van der Waals surface area (Å²) in [5, 5.41) is 17.3. The number of carbonyl (C=O) groups excluding carboxylic acids is 1. The monoisotopic (exact) mass is 483 g/mol. The quantitative estimate of drug-likeness (QED) is 0.264. The lowest BCUT2D eigenvalue weighted by molar-refractivity contribution is -0.384. The lowest BCUT2D eigenvalue weighted by atomic mass is 10.2. The fourth-order valence-electron chi connectivity index (χ4n) is 2.54. The standard InChI is InChI=1S/C22H18BrN3O5/c23-18-8-11-21(30-14-16-6-9-20(10-7-16)26(28)29)17(12-18)13-24-31-15-22(27)25-19-4-2-1-3-5-19/h1-13H,14-15H2,(H,25,27). The van der Waals surface area contributed by atoms with E-state index in [1.165, 1.54) is 18.3 Å². The Morgan fingerprint density at radius 2 is 1.84 bits per heavy atom. The molecule has 1 amide bonds. The molecule has 0 aliphatic rings. The first kappa shape index (κ1) is 22.0. The topological polar surface area (TPSA) is 103 Å². The van der Waals surface area contributed by atoms with E-state index < -0.39 is 4.92 Å². The highest BCUT2D eigenvalue weighted by Crippen LogP contribution is 2.23. The van der Waals surface area contributed by atoms with E-state index in [2.05, 4.69) is 26.4 Å². The minimum absolute atomic E-state index is 0.0219. The maximum absolute atomic E-state index is 11.9. The van der Waals surface area contributed by atoms with Crippen LogP contribution in [0.25, 0.3) is 0 Å². The summed E-state index contributed by atoms with van der Waals surface area (Å²) in [5.74, 6) is 0.217. The number of hydrogen-bond acceptors (Lipinski definition) is 6. The van der Waals surface area contributed by atoms with Gasteiger partial charge in [-0.15, -0.1) is 0 Å². The number of hydrogen-bond donors (Lipinski definition) is 1. The molecule has 31 heavy (non-hydrogen) atoms. The summed E-state index contributed by atoms with van der Waals surface area (Å²) in [5.41, 5.74) is 2.12. The molecule has 9 heteroatoms. The van der Waals surface area contributed by atoms with Crippen molar-refractivity contribution in [3.8, 4) is 5.75 Å². The Morgan fingerprint density at radius 1 is 1.10 bits per heavy atom. The van der Waals surface area contributed by atoms with Gasteiger partial charge in [0.25, 0.3) is 11.6 Å². The van der Waals surface area contributed by atoms with Gasteiger partial charge in [-0.3, -0.25) is 14.9 Å². The van der Waals surface area contributed by atoms with E-state index in [0.717, 1.165) is 10.0 Å². The number of nitro benzene ring substituents is 1. The van der Waals surface area contributed by atoms with E-state index in [0.29, 0.717) is 17.0 Å². The second-order valence-electron chi connectivity index (χ2n) is 6.32. The van der Waals surface area contributed by atoms with E-state index in [9.17, 15) is 14.9 Å². The molecule has 0 saturated heterocycles. The molecule has 8 nitrogen and oxygen atoms in total. The van der Waals surface area contributed by atoms with Crippen molar-refractivity contribution in [1.82, 2.24) is 0 Å². The van der Waals surface area contributed by atoms with Gasteiger partial charge in [-0.05, 0) is 48.0 Å². The molecule has 0 atom stereocenters. The van der Waals surface area contributed by atoms with Gasteiger partial charge in [0.15, 0.2) is 6.61 Å². The summed E-state index contributed by atoms with van der Waals surface area (Å²) in [4.78, 5) is 27.3. The van der Waals surface area contributed by atoms with Crippen LogP contribution in [0.3, 0.4) is 0 Å². The predicted molar refractivity (Wildman–Crippen MR) is 120 cm³/mol. The maximum Gasteiger partial charge on any atom is 0.269 e. The first-order chi connectivity index (χ1) is 15.0. The summed E-state index contributed by atoms with van der Waals surface area (Å²) in [6, 6.07) is 20.6. The first-order valence-corrected chi connectivity index (χ1v) is 9.96. The normalized spacial score (nSPS) is 10.6. The van der Waals surface area contributed by atoms with Crippen LogP contribution in [0.5, 0.6) is 5.75 Å². The molecule has 0 saturated carbocycles. The average molecular weight is 484 g/mol. The molecule has 0 unspecified atom stereocenters. The van der Waals surface area contributed by atoms with Crippen LogP contribution in [0.4, 0.5) is 11.4 Å². The van der Waals surface area contributed by atoms with Crippen molar-refractivity contribution in [2.24, 2.45) is 5.16 Å². The minimum atomic E-state index is -0.450. The molecule has 0 fully saturated rings. The second kappa shape index (κ2) is 10.9. The fourth-order valence-corrected chi connectivity index (χ4v) is 2.91. The lowest BCUT2D eigenvalue weighted by Gasteiger charge is -2.09. The average Bonchev–Trinajstić information content (AvgIpc) is 2.77. The number of para-hydroxylation sites is 1. The zero-order chi connectivity index (χ0) is 22.1. The van der Waals surface area contributed by atoms with E-state index in [1.54, 1.807) is 36.4 Å². The van der Waals surface area contributed by atoms with Crippen LogP contribution >= 0.6 is 15.9 Å². The number of non-ortho nitro benzene ring substituents is 1. The molecule has 158 valence electrons. The number of rotatable bonds is 9. The van der Waals surface area contributed by atoms with Crippen LogP contribution in [0.2, 0.25) is 0 Å². The third-order valence-corrected chi connectivity index (χ3v) is 4.53. The zero-order valence-corrected chi connectivity index (χ0v) is 17.8. The van der Waals surface area contributed by atoms with Crippen LogP contribution in [0.15, 0.2) is 82.4 Å². The number of nitrogens with zero attached hydrogens (tertiary/aromatic N) is 2. The molecule has 0 heterocycles. The van der Waals surface area contributed by atoms with Crippen LogP contribution in [-0.2, 0) is 16.2 Å². The number of nitrogens with one attached hydrogen (secondary N) is 1. The van der Waals surface area contributed by atoms with Crippen molar-refractivity contribution in [2.45, 2.75) is 6.61 Å². The van der Waals surface area contributed by atoms with Crippen molar-refractivity contribution in [2.75, 3.05) is 11.9 Å². The van der Waals surface area contributed by atoms with E-state index in [4.69, 9.17) is 9.57 Å². The van der Waals surface area contributed by atoms with E-state index in [-0.39, 0.29) is 24.8 Å². The number of amides is 1. The third kappa shape index (κ3) is 6.93. The fraction of sp³-hybridized carbons (Fsp3) is 0.0909. The Hall–Kier alpha value is -3.72. The molecule has 0 aliphatic carbocycles. The van der Waals surface area contributed by atoms with Gasteiger partial charge in [0.1, 0.15) is 12.4 Å². The third-order valence-electron chi connectivity index (χ3n) is 4.03. The van der Waals surface area contributed by atoms with Gasteiger partial charge in [0, 0.05) is 27.9 Å². The number of nitro groups is 1. The maximum atomic E-state index is 11.9. The SMILES string of the molecule is O=C(CON=Cc1cc(Br)ccc1OCc1ccc([N+](=O)[O-])cc1)Nc1ccccc1. The van der Waals surface area contributed by atoms with Gasteiger partial charge in [0.2, 0.25) is 0 Å². The van der Waals surface area contributed by atoms with Crippen LogP contribution in [0, 0.1) is 10.1 Å². The van der Waals surface area contributed by atoms with Crippen molar-refractivity contribution in [3.63, 3.8) is 0 Å². The molecule has 0 aliphatic heterocycles. The predicted octanol–water partition coefficient (Wildman–Crippen LogP) is 4.93. The largest absolute Gasteiger partial charge is 0.488 e. The Morgan fingerprint density at radius 3 is 2.55 bits per heavy atom. The molecule has 0 aromatic heterocycles. The molecule has 1 N–H and O–H groups in total. The highest BCUT2D eigenvalue weighted by Gasteiger charge is 2.07. The van der Waals surface area contributed by atoms with Crippen LogP contribution in [-0.4, -0.2) is 23.7 Å². The number of ether oxygens (including phenoxy) is 1. The summed E-state index contributed by atoms with van der Waals surface area (Å²) >= 11 is 3.40. The van der Waals surface area contributed by atoms with Crippen LogP contribution < -0.4 is 10.1 Å². The number of benzene rings is 3. The molecular formula is C22H18BrN3O5. The summed E-state index contributed by atoms with van der Waals surface area (Å²) < 4.78 is 6.64. The minimum Gasteiger partial charge on any atom is -0.488 e. The van der Waals surface area contributed by atoms with Gasteiger partial charge in [0.05, 0.1) is 11.1 Å². The lowest BCUT2D eigenvalue weighted by Crippen LogP contribution is -2.16. The number of halogens is 1. The smallest absolute Gasteiger partial charge is 0.269 e. The van der Waals surface area contributed by atoms with Crippen LogP contribution in [0.1, 0.15) is 11.1 Å². The Balaban J connectivity index is 1.56. The zero-order valence-electron chi connectivity index (χ0n) is 16.2. The Kier molecular flexibility index (Phi) is 7.72. The molecule has 0 spiro atoms. The number of carbonyl (C=O) groups is 1. The summed E-state index contributed by atoms with van der Waals surface area (Å²) in [7, 11) is 0. The van der Waals surface area contributed by atoms with Gasteiger partial charge in [-0.1, -0.05) is 39.3 Å². The first-order valence-electron chi connectivity index (χ1n) is 9.17. The molecular weight excluding hydrogens is 466 g/mol. The summed E-state index contributed by atoms with van der Waals surface area (Å²) in [6.07, 6.45) is 1.45. The Bertz CT molecular complexity index is 1070. The highest BCUT2D eigenvalue weighted by atomic mass is 79.9. The van der Waals surface area contributed by atoms with Gasteiger partial charge in [-0.25, -0.2) is 0 Å². The highest BCUT2D eigenvalue weighted by molar-refractivity contribution is 9.10. The van der Waals surface area contributed by atoms with Crippen molar-refractivity contribution >= 4 is 39.4 Å². The molecule has 0 radical (unpaired) electrons. The van der Waals surface area contributed by atoms with E-state index in [1.807, 2.05) is 24.3 Å². The number of oxime groups is 1. The van der Waals surface area contributed by atoms with Crippen molar-refractivity contribution in [3.05, 3.63) is 98.5 Å².